The Hall–Kier alpha value is -1.30. The van der Waals surface area contributed by atoms with E-state index in [1.54, 1.807) is 0 Å². The molecule has 2 aliphatic rings. The lowest BCUT2D eigenvalue weighted by Gasteiger charge is -2.38. The third-order valence-corrected chi connectivity index (χ3v) is 5.51. The summed E-state index contributed by atoms with van der Waals surface area (Å²) in [6.07, 6.45) is 5.10. The Kier molecular flexibility index (Phi) is 8.00. The third-order valence-electron chi connectivity index (χ3n) is 5.51. The third kappa shape index (κ3) is 6.49. The molecule has 0 aliphatic carbocycles. The summed E-state index contributed by atoms with van der Waals surface area (Å²) in [7, 11) is 0. The lowest BCUT2D eigenvalue weighted by Crippen LogP contribution is -2.50. The van der Waals surface area contributed by atoms with Crippen molar-refractivity contribution in [1.29, 1.82) is 0 Å². The molecule has 0 radical (unpaired) electrons. The first kappa shape index (κ1) is 20.0. The van der Waals surface area contributed by atoms with E-state index in [0.717, 1.165) is 39.0 Å². The number of urea groups is 1. The molecule has 2 atom stereocenters. The Morgan fingerprint density at radius 2 is 1.84 bits per heavy atom. The van der Waals surface area contributed by atoms with Crippen molar-refractivity contribution in [3.8, 4) is 0 Å². The molecule has 2 unspecified atom stereocenters. The molecule has 25 heavy (non-hydrogen) atoms. The van der Waals surface area contributed by atoms with Gasteiger partial charge in [0.15, 0.2) is 0 Å². The summed E-state index contributed by atoms with van der Waals surface area (Å²) in [5, 5.41) is 6.06. The van der Waals surface area contributed by atoms with Crippen molar-refractivity contribution in [1.82, 2.24) is 20.4 Å². The second kappa shape index (κ2) is 10.00. The van der Waals surface area contributed by atoms with Crippen LogP contribution in [0.15, 0.2) is 0 Å². The highest BCUT2D eigenvalue weighted by Crippen LogP contribution is 2.29. The summed E-state index contributed by atoms with van der Waals surface area (Å²) in [5.41, 5.74) is 0. The van der Waals surface area contributed by atoms with Crippen LogP contribution in [0.25, 0.3) is 0 Å². The maximum absolute atomic E-state index is 12.3. The van der Waals surface area contributed by atoms with Gasteiger partial charge in [-0.1, -0.05) is 13.3 Å². The second-order valence-electron chi connectivity index (χ2n) is 7.87. The Labute approximate surface area is 152 Å². The van der Waals surface area contributed by atoms with Crippen molar-refractivity contribution >= 4 is 11.9 Å². The van der Waals surface area contributed by atoms with E-state index >= 15 is 0 Å². The maximum Gasteiger partial charge on any atom is 0.317 e. The standard InChI is InChI=1S/C19H36N4O2/c1-4-16-14-23(19(25)21-15(2)3)11-7-17(16)13-18(24)20-8-12-22-9-5-6-10-22/h15-17H,4-14H2,1-3H3,(H,20,24)(H,21,25). The zero-order chi connectivity index (χ0) is 18.2. The summed E-state index contributed by atoms with van der Waals surface area (Å²) in [4.78, 5) is 28.8. The molecule has 144 valence electrons. The van der Waals surface area contributed by atoms with E-state index in [0.29, 0.717) is 18.3 Å². The number of amides is 3. The zero-order valence-electron chi connectivity index (χ0n) is 16.2. The van der Waals surface area contributed by atoms with Crippen LogP contribution in [0.5, 0.6) is 0 Å². The predicted octanol–water partition coefficient (Wildman–Crippen LogP) is 2.05. The van der Waals surface area contributed by atoms with Crippen LogP contribution >= 0.6 is 0 Å². The predicted molar refractivity (Wildman–Crippen MR) is 100 cm³/mol. The maximum atomic E-state index is 12.3. The smallest absolute Gasteiger partial charge is 0.317 e. The van der Waals surface area contributed by atoms with Gasteiger partial charge in [-0.15, -0.1) is 0 Å². The van der Waals surface area contributed by atoms with Crippen LogP contribution in [-0.2, 0) is 4.79 Å². The van der Waals surface area contributed by atoms with Crippen LogP contribution in [0.3, 0.4) is 0 Å². The van der Waals surface area contributed by atoms with E-state index in [1.165, 1.54) is 25.9 Å². The topological polar surface area (TPSA) is 64.7 Å². The number of nitrogens with one attached hydrogen (secondary N) is 2. The van der Waals surface area contributed by atoms with Crippen LogP contribution in [0.1, 0.15) is 52.9 Å². The summed E-state index contributed by atoms with van der Waals surface area (Å²) < 4.78 is 0. The molecule has 2 saturated heterocycles. The molecular formula is C19H36N4O2. The van der Waals surface area contributed by atoms with Crippen LogP contribution < -0.4 is 10.6 Å². The van der Waals surface area contributed by atoms with Crippen LogP contribution in [-0.4, -0.2) is 67.0 Å². The molecule has 3 amide bonds. The monoisotopic (exact) mass is 352 g/mol. The van der Waals surface area contributed by atoms with E-state index in [4.69, 9.17) is 0 Å². The number of nitrogens with zero attached hydrogens (tertiary/aromatic N) is 2. The summed E-state index contributed by atoms with van der Waals surface area (Å²) in [6, 6.07) is 0.189. The minimum absolute atomic E-state index is 0.0296. The van der Waals surface area contributed by atoms with E-state index in [9.17, 15) is 9.59 Å². The van der Waals surface area contributed by atoms with Crippen molar-refractivity contribution in [3.63, 3.8) is 0 Å². The number of carbonyl (C=O) groups is 2. The van der Waals surface area contributed by atoms with E-state index < -0.39 is 0 Å². The van der Waals surface area contributed by atoms with Gasteiger partial charge in [-0.25, -0.2) is 4.79 Å². The molecule has 6 heteroatoms. The number of hydrogen-bond donors (Lipinski definition) is 2. The molecule has 6 nitrogen and oxygen atoms in total. The average Bonchev–Trinajstić information content (AvgIpc) is 3.08. The molecule has 2 aliphatic heterocycles. The lowest BCUT2D eigenvalue weighted by molar-refractivity contribution is -0.122. The number of likely N-dealkylation sites (tertiary alicyclic amines) is 2. The summed E-state index contributed by atoms with van der Waals surface area (Å²) in [6.45, 7) is 11.7. The number of rotatable bonds is 7. The van der Waals surface area contributed by atoms with Gasteiger partial charge in [-0.2, -0.15) is 0 Å². The SMILES string of the molecule is CCC1CN(C(=O)NC(C)C)CCC1CC(=O)NCCN1CCCC1. The Morgan fingerprint density at radius 3 is 2.48 bits per heavy atom. The molecule has 0 saturated carbocycles. The second-order valence-corrected chi connectivity index (χ2v) is 7.87. The van der Waals surface area contributed by atoms with E-state index in [2.05, 4.69) is 22.5 Å². The molecule has 0 aromatic carbocycles. The quantitative estimate of drug-likeness (QED) is 0.737. The Morgan fingerprint density at radius 1 is 1.12 bits per heavy atom. The number of hydrogen-bond acceptors (Lipinski definition) is 3. The highest BCUT2D eigenvalue weighted by atomic mass is 16.2. The van der Waals surface area contributed by atoms with Crippen molar-refractivity contribution < 1.29 is 9.59 Å². The molecule has 2 fully saturated rings. The van der Waals surface area contributed by atoms with Gasteiger partial charge in [0.05, 0.1) is 0 Å². The van der Waals surface area contributed by atoms with Gasteiger partial charge < -0.3 is 20.4 Å². The molecule has 2 heterocycles. The van der Waals surface area contributed by atoms with Gasteiger partial charge in [0, 0.05) is 38.6 Å². The minimum atomic E-state index is 0.0296. The first-order chi connectivity index (χ1) is 12.0. The average molecular weight is 353 g/mol. The molecule has 2 rings (SSSR count). The fraction of sp³-hybridized carbons (Fsp3) is 0.895. The van der Waals surface area contributed by atoms with Gasteiger partial charge in [0.2, 0.25) is 5.91 Å². The van der Waals surface area contributed by atoms with Gasteiger partial charge in [0.1, 0.15) is 0 Å². The lowest BCUT2D eigenvalue weighted by atomic mass is 9.81. The first-order valence-electron chi connectivity index (χ1n) is 10.0. The zero-order valence-corrected chi connectivity index (χ0v) is 16.2. The summed E-state index contributed by atoms with van der Waals surface area (Å²) in [5.74, 6) is 0.971. The number of piperidine rings is 1. The highest BCUT2D eigenvalue weighted by molar-refractivity contribution is 5.76. The van der Waals surface area contributed by atoms with E-state index in [1.807, 2.05) is 18.7 Å². The number of carbonyl (C=O) groups excluding carboxylic acids is 2. The van der Waals surface area contributed by atoms with Gasteiger partial charge >= 0.3 is 6.03 Å². The Bertz CT molecular complexity index is 435. The highest BCUT2D eigenvalue weighted by Gasteiger charge is 2.31. The fourth-order valence-electron chi connectivity index (χ4n) is 4.00. The molecule has 0 spiro atoms. The van der Waals surface area contributed by atoms with Crippen LogP contribution in [0.2, 0.25) is 0 Å². The normalized spacial score (nSPS) is 24.6. The summed E-state index contributed by atoms with van der Waals surface area (Å²) >= 11 is 0. The Balaban J connectivity index is 1.71. The molecule has 0 aromatic heterocycles. The van der Waals surface area contributed by atoms with Crippen LogP contribution in [0, 0.1) is 11.8 Å². The van der Waals surface area contributed by atoms with E-state index in [-0.39, 0.29) is 18.0 Å². The molecule has 2 N–H and O–H groups in total. The first-order valence-corrected chi connectivity index (χ1v) is 10.0. The minimum Gasteiger partial charge on any atom is -0.355 e. The van der Waals surface area contributed by atoms with Crippen LogP contribution in [0.4, 0.5) is 4.79 Å². The molecule has 0 aromatic rings. The molecule has 0 bridgehead atoms. The fourth-order valence-corrected chi connectivity index (χ4v) is 4.00. The van der Waals surface area contributed by atoms with Crippen molar-refractivity contribution in [3.05, 3.63) is 0 Å². The van der Waals surface area contributed by atoms with Gasteiger partial charge in [0.25, 0.3) is 0 Å². The van der Waals surface area contributed by atoms with Gasteiger partial charge in [-0.05, 0) is 58.0 Å². The largest absolute Gasteiger partial charge is 0.355 e. The van der Waals surface area contributed by atoms with Crippen molar-refractivity contribution in [2.24, 2.45) is 11.8 Å². The van der Waals surface area contributed by atoms with Crippen molar-refractivity contribution in [2.45, 2.75) is 58.9 Å². The van der Waals surface area contributed by atoms with Gasteiger partial charge in [-0.3, -0.25) is 4.79 Å². The molecular weight excluding hydrogens is 316 g/mol. The van der Waals surface area contributed by atoms with Crippen molar-refractivity contribution in [2.75, 3.05) is 39.3 Å².